The second kappa shape index (κ2) is 9.55. The normalized spacial score (nSPS) is 29.2. The van der Waals surface area contributed by atoms with Gasteiger partial charge in [0.05, 0.1) is 17.1 Å². The first-order valence-electron chi connectivity index (χ1n) is 12.0. The van der Waals surface area contributed by atoms with Crippen LogP contribution >= 0.6 is 27.5 Å². The zero-order chi connectivity index (χ0) is 26.6. The summed E-state index contributed by atoms with van der Waals surface area (Å²) in [4.78, 5) is 41.4. The molecule has 0 bridgehead atoms. The van der Waals surface area contributed by atoms with E-state index in [0.29, 0.717) is 30.0 Å². The van der Waals surface area contributed by atoms with E-state index in [1.54, 1.807) is 12.4 Å². The molecule has 1 spiro atoms. The lowest BCUT2D eigenvalue weighted by Gasteiger charge is -2.46. The van der Waals surface area contributed by atoms with E-state index in [2.05, 4.69) is 35.9 Å². The van der Waals surface area contributed by atoms with Gasteiger partial charge in [0.25, 0.3) is 0 Å². The number of benzene rings is 1. The lowest BCUT2D eigenvalue weighted by atomic mass is 9.73. The Bertz CT molecular complexity index is 1480. The van der Waals surface area contributed by atoms with Gasteiger partial charge in [-0.05, 0) is 34.1 Å². The first-order chi connectivity index (χ1) is 18.2. The molecule has 3 aliphatic rings. The van der Waals surface area contributed by atoms with Crippen LogP contribution in [0.1, 0.15) is 38.3 Å². The second-order valence-electron chi connectivity index (χ2n) is 9.61. The average molecular weight is 602 g/mol. The molecule has 1 saturated carbocycles. The minimum absolute atomic E-state index is 0.209. The van der Waals surface area contributed by atoms with Crippen molar-refractivity contribution in [3.05, 3.63) is 52.1 Å². The number of rotatable bonds is 5. The van der Waals surface area contributed by atoms with Gasteiger partial charge in [-0.15, -0.1) is 0 Å². The maximum atomic E-state index is 12.1. The van der Waals surface area contributed by atoms with Crippen molar-refractivity contribution in [2.24, 2.45) is 4.99 Å². The van der Waals surface area contributed by atoms with Crippen LogP contribution in [0.4, 0.5) is 5.69 Å². The Morgan fingerprint density at radius 2 is 1.89 bits per heavy atom. The molecule has 6 rings (SSSR count). The Morgan fingerprint density at radius 1 is 1.11 bits per heavy atom. The van der Waals surface area contributed by atoms with E-state index in [-0.39, 0.29) is 11.3 Å². The third-order valence-electron chi connectivity index (χ3n) is 7.02. The molecule has 1 saturated heterocycles. The van der Waals surface area contributed by atoms with Crippen molar-refractivity contribution in [3.8, 4) is 5.75 Å². The van der Waals surface area contributed by atoms with E-state index in [1.807, 2.05) is 24.3 Å². The van der Waals surface area contributed by atoms with Crippen LogP contribution in [0.5, 0.6) is 5.75 Å². The lowest BCUT2D eigenvalue weighted by molar-refractivity contribution is -0.192. The summed E-state index contributed by atoms with van der Waals surface area (Å²) in [5, 5.41) is 1.21. The van der Waals surface area contributed by atoms with Gasteiger partial charge in [0.2, 0.25) is 0 Å². The van der Waals surface area contributed by atoms with Crippen molar-refractivity contribution in [2.45, 2.75) is 62.6 Å². The Kier molecular flexibility index (Phi) is 6.32. The number of esters is 2. The highest BCUT2D eigenvalue weighted by Crippen LogP contribution is 2.53. The largest absolute Gasteiger partial charge is 0.490 e. The van der Waals surface area contributed by atoms with Crippen LogP contribution in [-0.4, -0.2) is 63.1 Å². The summed E-state index contributed by atoms with van der Waals surface area (Å²) in [5.74, 6) is -0.822. The van der Waals surface area contributed by atoms with Crippen molar-refractivity contribution in [2.75, 3.05) is 0 Å². The van der Waals surface area contributed by atoms with E-state index in [0.717, 1.165) is 15.4 Å². The molecule has 2 aromatic heterocycles. The van der Waals surface area contributed by atoms with Crippen LogP contribution in [0.25, 0.3) is 10.9 Å². The monoisotopic (exact) mass is 600 g/mol. The van der Waals surface area contributed by atoms with Crippen molar-refractivity contribution in [3.63, 3.8) is 0 Å². The first-order valence-corrected chi connectivity index (χ1v) is 13.2. The molecule has 1 aliphatic carbocycles. The van der Waals surface area contributed by atoms with Gasteiger partial charge in [-0.1, -0.05) is 11.6 Å². The van der Waals surface area contributed by atoms with Gasteiger partial charge in [-0.3, -0.25) is 19.6 Å². The van der Waals surface area contributed by atoms with Crippen molar-refractivity contribution in [1.82, 2.24) is 15.0 Å². The average Bonchev–Trinajstić information content (AvgIpc) is 3.39. The molecule has 3 aromatic rings. The molecule has 0 N–H and O–H groups in total. The Balaban J connectivity index is 1.27. The predicted molar refractivity (Wildman–Crippen MR) is 140 cm³/mol. The predicted octanol–water partition coefficient (Wildman–Crippen LogP) is 4.48. The smallest absolute Gasteiger partial charge is 0.303 e. The molecular weight excluding hydrogens is 580 g/mol. The molecule has 10 nitrogen and oxygen atoms in total. The van der Waals surface area contributed by atoms with Gasteiger partial charge in [0, 0.05) is 55.0 Å². The highest BCUT2D eigenvalue weighted by molar-refractivity contribution is 9.10. The van der Waals surface area contributed by atoms with Crippen LogP contribution < -0.4 is 4.74 Å². The number of hydrogen-bond acceptors (Lipinski definition) is 10. The van der Waals surface area contributed by atoms with Crippen molar-refractivity contribution < 1.29 is 28.5 Å². The molecular formula is C26H22BrClN4O6. The van der Waals surface area contributed by atoms with E-state index in [1.165, 1.54) is 20.2 Å². The number of nitrogens with zero attached hydrogens (tertiary/aromatic N) is 4. The fourth-order valence-electron chi connectivity index (χ4n) is 5.49. The molecule has 12 heteroatoms. The number of aliphatic imine (C=N–C) groups is 1. The van der Waals surface area contributed by atoms with Gasteiger partial charge in [-0.25, -0.2) is 9.97 Å². The Labute approximate surface area is 230 Å². The highest BCUT2D eigenvalue weighted by atomic mass is 79.9. The van der Waals surface area contributed by atoms with Gasteiger partial charge >= 0.3 is 11.9 Å². The Morgan fingerprint density at radius 3 is 2.66 bits per heavy atom. The third-order valence-corrected chi connectivity index (χ3v) is 7.73. The minimum Gasteiger partial charge on any atom is -0.490 e. The second-order valence-corrected chi connectivity index (χ2v) is 10.9. The molecule has 2 fully saturated rings. The summed E-state index contributed by atoms with van der Waals surface area (Å²) in [6.07, 6.45) is 2.96. The molecule has 4 atom stereocenters. The summed E-state index contributed by atoms with van der Waals surface area (Å²) in [6.45, 7) is 2.62. The van der Waals surface area contributed by atoms with Gasteiger partial charge in [0.1, 0.15) is 35.6 Å². The number of halogens is 2. The van der Waals surface area contributed by atoms with Gasteiger partial charge in [-0.2, -0.15) is 0 Å². The SMILES string of the molecule is CC(=O)O[C@H]1[C@H](C2C=Nc3c(Cl)ncnc32)O[C@]2(C[C@H](Oc3ccc4cc(Br)cnc4c3)C2)[C@H]1OC(C)=O. The van der Waals surface area contributed by atoms with Crippen molar-refractivity contribution in [1.29, 1.82) is 0 Å². The van der Waals surface area contributed by atoms with Crippen LogP contribution in [0, 0.1) is 0 Å². The van der Waals surface area contributed by atoms with Gasteiger partial charge in [0.15, 0.2) is 17.4 Å². The molecule has 0 amide bonds. The van der Waals surface area contributed by atoms with Crippen molar-refractivity contribution >= 4 is 62.3 Å². The van der Waals surface area contributed by atoms with Crippen LogP contribution in [0.3, 0.4) is 0 Å². The molecule has 38 heavy (non-hydrogen) atoms. The summed E-state index contributed by atoms with van der Waals surface area (Å²) in [5.41, 5.74) is 0.910. The topological polar surface area (TPSA) is 122 Å². The number of ether oxygens (including phenoxy) is 4. The number of hydrogen-bond donors (Lipinski definition) is 0. The fourth-order valence-corrected chi connectivity index (χ4v) is 6.03. The van der Waals surface area contributed by atoms with E-state index >= 15 is 0 Å². The van der Waals surface area contributed by atoms with Crippen LogP contribution in [0.2, 0.25) is 5.15 Å². The lowest BCUT2D eigenvalue weighted by Crippen LogP contribution is -2.58. The maximum absolute atomic E-state index is 12.1. The number of aromatic nitrogens is 3. The fraction of sp³-hybridized carbons (Fsp3) is 0.385. The van der Waals surface area contributed by atoms with Crippen LogP contribution in [-0.2, 0) is 23.8 Å². The summed E-state index contributed by atoms with van der Waals surface area (Å²) in [6, 6.07) is 7.70. The standard InChI is InChI=1S/C26H22BrClN4O6/c1-12(33)35-23-22(18-10-30-21-20(18)31-11-32-25(21)28)38-26(24(23)36-13(2)34)7-17(8-26)37-16-4-3-14-5-15(27)9-29-19(14)6-16/h3-6,9-11,17-18,22-24H,7-8H2,1-2H3/t17-,18?,22-,23-,24-,26-/m0/s1. The summed E-state index contributed by atoms with van der Waals surface area (Å²) < 4.78 is 25.2. The number of fused-ring (bicyclic) bond motifs is 2. The zero-order valence-electron chi connectivity index (χ0n) is 20.3. The number of carbonyl (C=O) groups is 2. The molecule has 2 aliphatic heterocycles. The van der Waals surface area contributed by atoms with E-state index < -0.39 is 41.8 Å². The maximum Gasteiger partial charge on any atom is 0.303 e. The third kappa shape index (κ3) is 4.42. The quantitative estimate of drug-likeness (QED) is 0.308. The molecule has 196 valence electrons. The Hall–Kier alpha value is -3.15. The summed E-state index contributed by atoms with van der Waals surface area (Å²) >= 11 is 9.64. The minimum atomic E-state index is -0.908. The summed E-state index contributed by atoms with van der Waals surface area (Å²) in [7, 11) is 0. The molecule has 1 aromatic carbocycles. The molecule has 1 unspecified atom stereocenters. The van der Waals surface area contributed by atoms with E-state index in [4.69, 9.17) is 30.5 Å². The number of pyridine rings is 1. The molecule has 4 heterocycles. The zero-order valence-corrected chi connectivity index (χ0v) is 22.7. The molecule has 0 radical (unpaired) electrons. The van der Waals surface area contributed by atoms with Crippen LogP contribution in [0.15, 0.2) is 46.3 Å². The highest BCUT2D eigenvalue weighted by Gasteiger charge is 2.66. The van der Waals surface area contributed by atoms with Gasteiger partial charge < -0.3 is 18.9 Å². The number of carbonyl (C=O) groups excluding carboxylic acids is 2. The first kappa shape index (κ1) is 25.1. The van der Waals surface area contributed by atoms with E-state index in [9.17, 15) is 9.59 Å².